The molecule has 2 rings (SSSR count). The van der Waals surface area contributed by atoms with Crippen molar-refractivity contribution in [1.29, 1.82) is 0 Å². The Hall–Kier alpha value is -0.610. The molecule has 0 unspecified atom stereocenters. The second-order valence-corrected chi connectivity index (χ2v) is 4.47. The Bertz CT molecular complexity index is 227. The van der Waals surface area contributed by atoms with E-state index in [1.165, 1.54) is 0 Å². The van der Waals surface area contributed by atoms with E-state index >= 15 is 0 Å². The fourth-order valence-electron chi connectivity index (χ4n) is 2.45. The van der Waals surface area contributed by atoms with Gasteiger partial charge in [0.05, 0.1) is 12.0 Å². The van der Waals surface area contributed by atoms with Gasteiger partial charge in [0.15, 0.2) is 0 Å². The molecule has 1 amide bonds. The van der Waals surface area contributed by atoms with Crippen LogP contribution in [0.5, 0.6) is 0 Å². The van der Waals surface area contributed by atoms with Crippen LogP contribution in [0.25, 0.3) is 0 Å². The highest BCUT2D eigenvalue weighted by Crippen LogP contribution is 2.17. The summed E-state index contributed by atoms with van der Waals surface area (Å²) in [7, 11) is 1.73. The molecule has 0 aromatic heterocycles. The van der Waals surface area contributed by atoms with Gasteiger partial charge in [0.2, 0.25) is 5.91 Å². The lowest BCUT2D eigenvalue weighted by Gasteiger charge is -2.33. The first-order chi connectivity index (χ1) is 7.31. The van der Waals surface area contributed by atoms with Crippen LogP contribution >= 0.6 is 0 Å². The Kier molecular flexibility index (Phi) is 3.59. The summed E-state index contributed by atoms with van der Waals surface area (Å²) in [4.78, 5) is 14.1. The molecule has 0 radical (unpaired) electrons. The lowest BCUT2D eigenvalue weighted by Crippen LogP contribution is -2.45. The summed E-state index contributed by atoms with van der Waals surface area (Å²) < 4.78 is 5.32. The maximum Gasteiger partial charge on any atom is 0.227 e. The first-order valence-corrected chi connectivity index (χ1v) is 5.83. The van der Waals surface area contributed by atoms with Crippen LogP contribution in [0.1, 0.15) is 19.3 Å². The zero-order valence-corrected chi connectivity index (χ0v) is 9.37. The standard InChI is InChI=1S/C11H20N2O2/c1-15-10-3-2-6-13(8-10)11(14)9-4-5-12-7-9/h9-10,12H,2-8H2,1H3/t9-,10+/m1/s1. The van der Waals surface area contributed by atoms with Crippen LogP contribution in [0, 0.1) is 5.92 Å². The van der Waals surface area contributed by atoms with Crippen molar-refractivity contribution in [2.24, 2.45) is 5.92 Å². The van der Waals surface area contributed by atoms with Gasteiger partial charge < -0.3 is 15.0 Å². The van der Waals surface area contributed by atoms with E-state index in [1.54, 1.807) is 7.11 Å². The molecule has 2 aliphatic rings. The highest BCUT2D eigenvalue weighted by Gasteiger charge is 2.30. The summed E-state index contributed by atoms with van der Waals surface area (Å²) in [6, 6.07) is 0. The van der Waals surface area contributed by atoms with E-state index in [0.717, 1.165) is 45.4 Å². The highest BCUT2D eigenvalue weighted by molar-refractivity contribution is 5.79. The highest BCUT2D eigenvalue weighted by atomic mass is 16.5. The van der Waals surface area contributed by atoms with Crippen molar-refractivity contribution < 1.29 is 9.53 Å². The molecule has 2 heterocycles. The molecule has 0 aromatic rings. The summed E-state index contributed by atoms with van der Waals surface area (Å²) in [5.41, 5.74) is 0. The lowest BCUT2D eigenvalue weighted by atomic mass is 10.0. The molecule has 2 fully saturated rings. The minimum Gasteiger partial charge on any atom is -0.380 e. The van der Waals surface area contributed by atoms with E-state index < -0.39 is 0 Å². The number of methoxy groups -OCH3 is 1. The van der Waals surface area contributed by atoms with Gasteiger partial charge in [-0.25, -0.2) is 0 Å². The Labute approximate surface area is 91.0 Å². The number of nitrogens with zero attached hydrogens (tertiary/aromatic N) is 1. The Balaban J connectivity index is 1.88. The van der Waals surface area contributed by atoms with Crippen LogP contribution in [0.2, 0.25) is 0 Å². The Morgan fingerprint density at radius 3 is 3.00 bits per heavy atom. The quantitative estimate of drug-likeness (QED) is 0.712. The van der Waals surface area contributed by atoms with Gasteiger partial charge in [-0.05, 0) is 25.8 Å². The number of rotatable bonds is 2. The maximum absolute atomic E-state index is 12.1. The number of nitrogens with one attached hydrogen (secondary N) is 1. The Morgan fingerprint density at radius 2 is 2.33 bits per heavy atom. The van der Waals surface area contributed by atoms with Crippen molar-refractivity contribution in [3.63, 3.8) is 0 Å². The van der Waals surface area contributed by atoms with Gasteiger partial charge in [0.25, 0.3) is 0 Å². The van der Waals surface area contributed by atoms with Gasteiger partial charge in [-0.3, -0.25) is 4.79 Å². The number of carbonyl (C=O) groups is 1. The van der Waals surface area contributed by atoms with Crippen LogP contribution in [-0.4, -0.2) is 50.2 Å². The number of carbonyl (C=O) groups excluding carboxylic acids is 1. The van der Waals surface area contributed by atoms with Gasteiger partial charge in [-0.2, -0.15) is 0 Å². The van der Waals surface area contributed by atoms with E-state index in [0.29, 0.717) is 5.91 Å². The SMILES string of the molecule is CO[C@H]1CCCN(C(=O)[C@@H]2CCNC2)C1. The zero-order chi connectivity index (χ0) is 10.7. The van der Waals surface area contributed by atoms with Crippen LogP contribution in [-0.2, 0) is 9.53 Å². The molecule has 0 bridgehead atoms. The number of amides is 1. The molecular formula is C11H20N2O2. The topological polar surface area (TPSA) is 41.6 Å². The molecule has 1 N–H and O–H groups in total. The van der Waals surface area contributed by atoms with Crippen molar-refractivity contribution >= 4 is 5.91 Å². The second-order valence-electron chi connectivity index (χ2n) is 4.47. The number of hydrogen-bond acceptors (Lipinski definition) is 3. The summed E-state index contributed by atoms with van der Waals surface area (Å²) >= 11 is 0. The summed E-state index contributed by atoms with van der Waals surface area (Å²) in [5.74, 6) is 0.530. The molecule has 86 valence electrons. The van der Waals surface area contributed by atoms with Crippen LogP contribution in [0.4, 0.5) is 0 Å². The molecule has 0 aromatic carbocycles. The second kappa shape index (κ2) is 4.94. The van der Waals surface area contributed by atoms with Gasteiger partial charge in [-0.15, -0.1) is 0 Å². The van der Waals surface area contributed by atoms with Gasteiger partial charge in [0.1, 0.15) is 0 Å². The predicted molar refractivity (Wildman–Crippen MR) is 57.6 cm³/mol. The Morgan fingerprint density at radius 1 is 1.47 bits per heavy atom. The van der Waals surface area contributed by atoms with E-state index in [-0.39, 0.29) is 12.0 Å². The molecule has 2 atom stereocenters. The fourth-order valence-corrected chi connectivity index (χ4v) is 2.45. The van der Waals surface area contributed by atoms with Crippen molar-refractivity contribution in [2.45, 2.75) is 25.4 Å². The molecule has 2 saturated heterocycles. The van der Waals surface area contributed by atoms with Gasteiger partial charge >= 0.3 is 0 Å². The third-order valence-electron chi connectivity index (χ3n) is 3.43. The molecule has 0 aliphatic carbocycles. The first kappa shape index (κ1) is 10.9. The van der Waals surface area contributed by atoms with Crippen LogP contribution < -0.4 is 5.32 Å². The molecule has 0 saturated carbocycles. The maximum atomic E-state index is 12.1. The average molecular weight is 212 g/mol. The van der Waals surface area contributed by atoms with Crippen molar-refractivity contribution in [1.82, 2.24) is 10.2 Å². The summed E-state index contributed by atoms with van der Waals surface area (Å²) in [6.07, 6.45) is 3.40. The zero-order valence-electron chi connectivity index (χ0n) is 9.37. The minimum atomic E-state index is 0.209. The molecular weight excluding hydrogens is 192 g/mol. The van der Waals surface area contributed by atoms with E-state index in [9.17, 15) is 4.79 Å². The molecule has 15 heavy (non-hydrogen) atoms. The first-order valence-electron chi connectivity index (χ1n) is 5.83. The molecule has 4 heteroatoms. The third kappa shape index (κ3) is 2.49. The van der Waals surface area contributed by atoms with Crippen molar-refractivity contribution in [2.75, 3.05) is 33.3 Å². The fraction of sp³-hybridized carbons (Fsp3) is 0.909. The van der Waals surface area contributed by atoms with E-state index in [2.05, 4.69) is 5.32 Å². The third-order valence-corrected chi connectivity index (χ3v) is 3.43. The number of hydrogen-bond donors (Lipinski definition) is 1. The summed E-state index contributed by atoms with van der Waals surface area (Å²) in [6.45, 7) is 3.53. The molecule has 0 spiro atoms. The predicted octanol–water partition coefficient (Wildman–Crippen LogP) is 0.233. The largest absolute Gasteiger partial charge is 0.380 e. The average Bonchev–Trinajstić information content (AvgIpc) is 2.81. The molecule has 4 nitrogen and oxygen atoms in total. The van der Waals surface area contributed by atoms with E-state index in [4.69, 9.17) is 4.74 Å². The lowest BCUT2D eigenvalue weighted by molar-refractivity contribution is -0.138. The number of ether oxygens (including phenoxy) is 1. The summed E-state index contributed by atoms with van der Waals surface area (Å²) in [5, 5.41) is 3.24. The smallest absolute Gasteiger partial charge is 0.227 e. The van der Waals surface area contributed by atoms with Crippen LogP contribution in [0.15, 0.2) is 0 Å². The molecule has 2 aliphatic heterocycles. The van der Waals surface area contributed by atoms with Crippen LogP contribution in [0.3, 0.4) is 0 Å². The van der Waals surface area contributed by atoms with Crippen molar-refractivity contribution in [3.8, 4) is 0 Å². The number of likely N-dealkylation sites (tertiary alicyclic amines) is 1. The minimum absolute atomic E-state index is 0.209. The van der Waals surface area contributed by atoms with Crippen molar-refractivity contribution in [3.05, 3.63) is 0 Å². The van der Waals surface area contributed by atoms with Gasteiger partial charge in [-0.1, -0.05) is 0 Å². The van der Waals surface area contributed by atoms with Gasteiger partial charge in [0, 0.05) is 26.7 Å². The van der Waals surface area contributed by atoms with E-state index in [1.807, 2.05) is 4.90 Å². The normalized spacial score (nSPS) is 31.9. The number of piperidine rings is 1. The monoisotopic (exact) mass is 212 g/mol.